The summed E-state index contributed by atoms with van der Waals surface area (Å²) in [6, 6.07) is 7.20. The van der Waals surface area contributed by atoms with Crippen molar-refractivity contribution in [2.24, 2.45) is 0 Å². The molecule has 1 aliphatic heterocycles. The quantitative estimate of drug-likeness (QED) is 0.863. The van der Waals surface area contributed by atoms with E-state index in [4.69, 9.17) is 21.1 Å². The van der Waals surface area contributed by atoms with Crippen molar-refractivity contribution in [1.29, 1.82) is 0 Å². The molecule has 6 heteroatoms. The summed E-state index contributed by atoms with van der Waals surface area (Å²) in [6.07, 6.45) is 3.51. The minimum absolute atomic E-state index is 0.0363. The molecule has 3 rings (SSSR count). The van der Waals surface area contributed by atoms with Crippen LogP contribution in [0.25, 0.3) is 0 Å². The molecule has 0 fully saturated rings. The standard InChI is InChI=1S/C17H17ClN2O3/c1-2-22-17-12(4-3-5-13(17)18)10-16(21)20-8-9-23-15-6-7-19-11-14(15)20/h3-7,11H,2,8-10H2,1H3. The van der Waals surface area contributed by atoms with Gasteiger partial charge in [0.2, 0.25) is 5.91 Å². The first kappa shape index (κ1) is 15.6. The van der Waals surface area contributed by atoms with Crippen molar-refractivity contribution in [2.75, 3.05) is 24.7 Å². The Bertz CT molecular complexity index is 721. The number of benzene rings is 1. The molecule has 1 aromatic heterocycles. The Morgan fingerprint density at radius 3 is 3.13 bits per heavy atom. The maximum Gasteiger partial charge on any atom is 0.231 e. The lowest BCUT2D eigenvalue weighted by atomic mass is 10.1. The number of halogens is 1. The van der Waals surface area contributed by atoms with Gasteiger partial charge in [-0.25, -0.2) is 0 Å². The van der Waals surface area contributed by atoms with Crippen LogP contribution >= 0.6 is 11.6 Å². The largest absolute Gasteiger partial charge is 0.492 e. The number of anilines is 1. The van der Waals surface area contributed by atoms with Crippen LogP contribution in [-0.2, 0) is 11.2 Å². The van der Waals surface area contributed by atoms with Gasteiger partial charge in [0.15, 0.2) is 0 Å². The molecule has 0 saturated carbocycles. The third-order valence-corrected chi connectivity index (χ3v) is 3.90. The second-order valence-electron chi connectivity index (χ2n) is 5.08. The van der Waals surface area contributed by atoms with Crippen molar-refractivity contribution in [2.45, 2.75) is 13.3 Å². The van der Waals surface area contributed by atoms with Gasteiger partial charge >= 0.3 is 0 Å². The van der Waals surface area contributed by atoms with Crippen molar-refractivity contribution in [3.05, 3.63) is 47.2 Å². The average molecular weight is 333 g/mol. The fourth-order valence-electron chi connectivity index (χ4n) is 2.58. The van der Waals surface area contributed by atoms with Crippen LogP contribution in [0.15, 0.2) is 36.7 Å². The fourth-order valence-corrected chi connectivity index (χ4v) is 2.83. The molecular weight excluding hydrogens is 316 g/mol. The normalized spacial score (nSPS) is 13.2. The molecule has 120 valence electrons. The van der Waals surface area contributed by atoms with Gasteiger partial charge in [0, 0.05) is 17.8 Å². The van der Waals surface area contributed by atoms with E-state index in [0.717, 1.165) is 5.56 Å². The SMILES string of the molecule is CCOc1c(Cl)cccc1CC(=O)N1CCOc2ccncc21. The molecule has 0 saturated heterocycles. The number of nitrogens with zero attached hydrogens (tertiary/aromatic N) is 2. The molecule has 1 aliphatic rings. The van der Waals surface area contributed by atoms with Gasteiger partial charge in [-0.15, -0.1) is 0 Å². The predicted octanol–water partition coefficient (Wildman–Crippen LogP) is 3.10. The van der Waals surface area contributed by atoms with E-state index in [2.05, 4.69) is 4.98 Å². The third-order valence-electron chi connectivity index (χ3n) is 3.60. The van der Waals surface area contributed by atoms with Crippen LogP contribution in [0.2, 0.25) is 5.02 Å². The lowest BCUT2D eigenvalue weighted by molar-refractivity contribution is -0.118. The van der Waals surface area contributed by atoms with Crippen molar-refractivity contribution >= 4 is 23.2 Å². The molecule has 0 N–H and O–H groups in total. The van der Waals surface area contributed by atoms with E-state index in [-0.39, 0.29) is 12.3 Å². The van der Waals surface area contributed by atoms with E-state index in [1.807, 2.05) is 19.1 Å². The summed E-state index contributed by atoms with van der Waals surface area (Å²) in [5, 5.41) is 0.515. The second kappa shape index (κ2) is 6.87. The van der Waals surface area contributed by atoms with Gasteiger partial charge in [0.1, 0.15) is 23.8 Å². The molecule has 2 aromatic rings. The van der Waals surface area contributed by atoms with Crippen LogP contribution < -0.4 is 14.4 Å². The molecule has 0 spiro atoms. The molecule has 1 amide bonds. The number of hydrogen-bond donors (Lipinski definition) is 0. The first-order valence-corrected chi connectivity index (χ1v) is 7.86. The highest BCUT2D eigenvalue weighted by Gasteiger charge is 2.25. The van der Waals surface area contributed by atoms with E-state index in [0.29, 0.717) is 42.0 Å². The minimum Gasteiger partial charge on any atom is -0.492 e. The average Bonchev–Trinajstić information content (AvgIpc) is 2.57. The van der Waals surface area contributed by atoms with Crippen molar-refractivity contribution < 1.29 is 14.3 Å². The number of rotatable bonds is 4. The summed E-state index contributed by atoms with van der Waals surface area (Å²) in [7, 11) is 0. The number of pyridine rings is 1. The summed E-state index contributed by atoms with van der Waals surface area (Å²) in [4.78, 5) is 18.5. The minimum atomic E-state index is -0.0363. The number of carbonyl (C=O) groups excluding carboxylic acids is 1. The van der Waals surface area contributed by atoms with E-state index in [1.165, 1.54) is 0 Å². The van der Waals surface area contributed by atoms with Crippen LogP contribution in [0.3, 0.4) is 0 Å². The van der Waals surface area contributed by atoms with Crippen LogP contribution in [-0.4, -0.2) is 30.6 Å². The van der Waals surface area contributed by atoms with Gasteiger partial charge in [0.05, 0.1) is 30.8 Å². The first-order valence-electron chi connectivity index (χ1n) is 7.48. The highest BCUT2D eigenvalue weighted by molar-refractivity contribution is 6.32. The number of hydrogen-bond acceptors (Lipinski definition) is 4. The van der Waals surface area contributed by atoms with Gasteiger partial charge in [-0.2, -0.15) is 0 Å². The Hall–Kier alpha value is -2.27. The van der Waals surface area contributed by atoms with Crippen molar-refractivity contribution in [1.82, 2.24) is 4.98 Å². The lowest BCUT2D eigenvalue weighted by Crippen LogP contribution is -2.39. The molecule has 0 unspecified atom stereocenters. The number of fused-ring (bicyclic) bond motifs is 1. The Labute approximate surface area is 139 Å². The zero-order valence-electron chi connectivity index (χ0n) is 12.8. The summed E-state index contributed by atoms with van der Waals surface area (Å²) < 4.78 is 11.1. The van der Waals surface area contributed by atoms with E-state index in [9.17, 15) is 4.79 Å². The molecule has 0 bridgehead atoms. The first-order chi connectivity index (χ1) is 11.2. The Morgan fingerprint density at radius 2 is 2.30 bits per heavy atom. The van der Waals surface area contributed by atoms with E-state index >= 15 is 0 Å². The predicted molar refractivity (Wildman–Crippen MR) is 88.4 cm³/mol. The van der Waals surface area contributed by atoms with Gasteiger partial charge < -0.3 is 14.4 Å². The zero-order valence-corrected chi connectivity index (χ0v) is 13.5. The monoisotopic (exact) mass is 332 g/mol. The van der Waals surface area contributed by atoms with Gasteiger partial charge in [-0.05, 0) is 13.0 Å². The maximum absolute atomic E-state index is 12.7. The molecule has 0 radical (unpaired) electrons. The highest BCUT2D eigenvalue weighted by Crippen LogP contribution is 2.32. The molecule has 0 atom stereocenters. The smallest absolute Gasteiger partial charge is 0.231 e. The summed E-state index contributed by atoms with van der Waals surface area (Å²) in [5.74, 6) is 1.21. The van der Waals surface area contributed by atoms with Crippen LogP contribution in [0.4, 0.5) is 5.69 Å². The number of carbonyl (C=O) groups is 1. The van der Waals surface area contributed by atoms with Crippen molar-refractivity contribution in [3.8, 4) is 11.5 Å². The van der Waals surface area contributed by atoms with E-state index < -0.39 is 0 Å². The number of para-hydroxylation sites is 1. The van der Waals surface area contributed by atoms with Crippen LogP contribution in [0.5, 0.6) is 11.5 Å². The molecule has 23 heavy (non-hydrogen) atoms. The van der Waals surface area contributed by atoms with Crippen LogP contribution in [0.1, 0.15) is 12.5 Å². The van der Waals surface area contributed by atoms with Gasteiger partial charge in [-0.3, -0.25) is 9.78 Å². The highest BCUT2D eigenvalue weighted by atomic mass is 35.5. The molecule has 2 heterocycles. The number of aromatic nitrogens is 1. The second-order valence-corrected chi connectivity index (χ2v) is 5.48. The maximum atomic E-state index is 12.7. The van der Waals surface area contributed by atoms with E-state index in [1.54, 1.807) is 29.4 Å². The molecule has 1 aromatic carbocycles. The fraction of sp³-hybridized carbons (Fsp3) is 0.294. The molecular formula is C17H17ClN2O3. The zero-order chi connectivity index (χ0) is 16.2. The van der Waals surface area contributed by atoms with Crippen LogP contribution in [0, 0.1) is 0 Å². The summed E-state index contributed by atoms with van der Waals surface area (Å²) >= 11 is 6.18. The number of amides is 1. The van der Waals surface area contributed by atoms with Gasteiger partial charge in [-0.1, -0.05) is 23.7 Å². The molecule has 5 nitrogen and oxygen atoms in total. The Kier molecular flexibility index (Phi) is 4.67. The summed E-state index contributed by atoms with van der Waals surface area (Å²) in [6.45, 7) is 3.35. The summed E-state index contributed by atoms with van der Waals surface area (Å²) in [5.41, 5.74) is 1.48. The van der Waals surface area contributed by atoms with Gasteiger partial charge in [0.25, 0.3) is 0 Å². The third kappa shape index (κ3) is 3.24. The topological polar surface area (TPSA) is 51.7 Å². The Balaban J connectivity index is 1.85. The van der Waals surface area contributed by atoms with Crippen molar-refractivity contribution in [3.63, 3.8) is 0 Å². The molecule has 0 aliphatic carbocycles. The lowest BCUT2D eigenvalue weighted by Gasteiger charge is -2.29. The number of ether oxygens (including phenoxy) is 2. The Morgan fingerprint density at radius 1 is 1.43 bits per heavy atom.